The lowest BCUT2D eigenvalue weighted by atomic mass is 9.65. The molecule has 1 spiro atoms. The average molecular weight is 637 g/mol. The SMILES string of the molecule is COc1cc(OCCO)ccc1NC(=O)C1NC(CC(C)(C)C)C2(C(=O)Nc3cc(Cl)sc32)C1c1cccc(Cl)c1F. The standard InChI is InChI=1S/C30H32Cl2FN3O5S/c1-29(2,3)14-21-30(26-19(35-28(30)39)13-22(32)42-26)23(16-6-5-7-17(31)24(16)33)25(36-21)27(38)34-18-9-8-15(41-11-10-37)12-20(18)40-4/h5-9,12-13,21,23,25,36-37H,10-11,14H2,1-4H3,(H,34,38)(H,35,39). The number of carbonyl (C=O) groups excluding carboxylic acids is 2. The molecule has 224 valence electrons. The summed E-state index contributed by atoms with van der Waals surface area (Å²) in [6, 6.07) is 9.56. The van der Waals surface area contributed by atoms with E-state index in [0.29, 0.717) is 38.5 Å². The number of rotatable bonds is 8. The number of fused-ring (bicyclic) bond motifs is 2. The summed E-state index contributed by atoms with van der Waals surface area (Å²) in [4.78, 5) is 29.0. The van der Waals surface area contributed by atoms with E-state index >= 15 is 4.39 Å². The van der Waals surface area contributed by atoms with Gasteiger partial charge in [0.25, 0.3) is 0 Å². The molecule has 4 N–H and O–H groups in total. The first kappa shape index (κ1) is 30.6. The predicted octanol–water partition coefficient (Wildman–Crippen LogP) is 5.96. The van der Waals surface area contributed by atoms with Crippen molar-refractivity contribution in [3.05, 3.63) is 68.1 Å². The molecule has 4 atom stereocenters. The van der Waals surface area contributed by atoms with E-state index < -0.39 is 35.1 Å². The number of halogens is 3. The summed E-state index contributed by atoms with van der Waals surface area (Å²) in [6.07, 6.45) is 0.498. The van der Waals surface area contributed by atoms with Crippen LogP contribution < -0.4 is 25.4 Å². The number of hydrogen-bond acceptors (Lipinski definition) is 7. The summed E-state index contributed by atoms with van der Waals surface area (Å²) in [5.41, 5.74) is -0.538. The molecule has 8 nitrogen and oxygen atoms in total. The van der Waals surface area contributed by atoms with E-state index in [-0.39, 0.29) is 35.1 Å². The Hall–Kier alpha value is -2.89. The Morgan fingerprint density at radius 1 is 1.21 bits per heavy atom. The molecule has 2 aliphatic rings. The molecule has 2 aromatic carbocycles. The van der Waals surface area contributed by atoms with Crippen molar-refractivity contribution < 1.29 is 28.6 Å². The van der Waals surface area contributed by atoms with Gasteiger partial charge in [0.1, 0.15) is 29.3 Å². The third kappa shape index (κ3) is 5.35. The van der Waals surface area contributed by atoms with E-state index in [0.717, 1.165) is 0 Å². The lowest BCUT2D eigenvalue weighted by Gasteiger charge is -2.37. The molecule has 0 aliphatic carbocycles. The zero-order valence-electron chi connectivity index (χ0n) is 23.5. The molecule has 5 rings (SSSR count). The van der Waals surface area contributed by atoms with Gasteiger partial charge in [0.2, 0.25) is 11.8 Å². The summed E-state index contributed by atoms with van der Waals surface area (Å²) in [5, 5.41) is 18.3. The highest BCUT2D eigenvalue weighted by molar-refractivity contribution is 7.17. The molecule has 2 aliphatic heterocycles. The fraction of sp³-hybridized carbons (Fsp3) is 0.400. The molecule has 0 bridgehead atoms. The number of aliphatic hydroxyl groups is 1. The number of amides is 2. The van der Waals surface area contributed by atoms with Crippen LogP contribution in [0.15, 0.2) is 42.5 Å². The Labute approximate surface area is 257 Å². The minimum Gasteiger partial charge on any atom is -0.494 e. The van der Waals surface area contributed by atoms with Crippen LogP contribution in [-0.4, -0.2) is 49.3 Å². The highest BCUT2D eigenvalue weighted by atomic mass is 35.5. The second kappa shape index (κ2) is 11.7. The van der Waals surface area contributed by atoms with Gasteiger partial charge in [0.05, 0.1) is 40.5 Å². The van der Waals surface area contributed by atoms with Gasteiger partial charge >= 0.3 is 0 Å². The second-order valence-electron chi connectivity index (χ2n) is 11.6. The monoisotopic (exact) mass is 635 g/mol. The largest absolute Gasteiger partial charge is 0.494 e. The summed E-state index contributed by atoms with van der Waals surface area (Å²) >= 11 is 13.9. The van der Waals surface area contributed by atoms with Crippen molar-refractivity contribution in [1.29, 1.82) is 0 Å². The molecular weight excluding hydrogens is 604 g/mol. The maximum Gasteiger partial charge on any atom is 0.242 e. The van der Waals surface area contributed by atoms with Crippen LogP contribution in [0.2, 0.25) is 9.36 Å². The molecule has 12 heteroatoms. The zero-order chi connectivity index (χ0) is 30.4. The van der Waals surface area contributed by atoms with Crippen LogP contribution >= 0.6 is 34.5 Å². The van der Waals surface area contributed by atoms with Crippen molar-refractivity contribution in [1.82, 2.24) is 5.32 Å². The van der Waals surface area contributed by atoms with E-state index in [1.54, 1.807) is 36.4 Å². The molecule has 1 saturated heterocycles. The Bertz CT molecular complexity index is 1530. The van der Waals surface area contributed by atoms with Gasteiger partial charge in [-0.2, -0.15) is 0 Å². The number of nitrogens with one attached hydrogen (secondary N) is 3. The molecule has 2 amide bonds. The fourth-order valence-electron chi connectivity index (χ4n) is 6.10. The van der Waals surface area contributed by atoms with Crippen molar-refractivity contribution >= 4 is 57.7 Å². The maximum atomic E-state index is 15.9. The van der Waals surface area contributed by atoms with Crippen LogP contribution in [-0.2, 0) is 15.0 Å². The molecular formula is C30H32Cl2FN3O5S. The quantitative estimate of drug-likeness (QED) is 0.243. The molecule has 0 radical (unpaired) electrons. The molecule has 1 aromatic heterocycles. The van der Waals surface area contributed by atoms with E-state index in [4.69, 9.17) is 37.8 Å². The minimum absolute atomic E-state index is 0.0990. The molecule has 3 aromatic rings. The van der Waals surface area contributed by atoms with Crippen molar-refractivity contribution in [2.24, 2.45) is 5.41 Å². The van der Waals surface area contributed by atoms with Crippen molar-refractivity contribution in [2.75, 3.05) is 31.0 Å². The molecule has 42 heavy (non-hydrogen) atoms. The van der Waals surface area contributed by atoms with Crippen molar-refractivity contribution in [2.45, 2.75) is 50.6 Å². The summed E-state index contributed by atoms with van der Waals surface area (Å²) in [5.74, 6) is -1.70. The van der Waals surface area contributed by atoms with Gasteiger partial charge in [-0.05, 0) is 41.7 Å². The first-order valence-corrected chi connectivity index (χ1v) is 15.0. The normalized spacial score (nSPS) is 23.1. The number of aliphatic hydroxyl groups excluding tert-OH is 1. The zero-order valence-corrected chi connectivity index (χ0v) is 25.8. The maximum absolute atomic E-state index is 15.9. The van der Waals surface area contributed by atoms with E-state index in [1.165, 1.54) is 24.5 Å². The van der Waals surface area contributed by atoms with Gasteiger partial charge in [0.15, 0.2) is 0 Å². The van der Waals surface area contributed by atoms with Gasteiger partial charge in [-0.1, -0.05) is 56.1 Å². The van der Waals surface area contributed by atoms with Gasteiger partial charge < -0.3 is 30.5 Å². The van der Waals surface area contributed by atoms with Crippen LogP contribution in [0.3, 0.4) is 0 Å². The minimum atomic E-state index is -1.35. The highest BCUT2D eigenvalue weighted by Gasteiger charge is 2.67. The Balaban J connectivity index is 1.64. The van der Waals surface area contributed by atoms with Gasteiger partial charge in [0, 0.05) is 22.9 Å². The Morgan fingerprint density at radius 3 is 2.67 bits per heavy atom. The summed E-state index contributed by atoms with van der Waals surface area (Å²) in [7, 11) is 1.46. The second-order valence-corrected chi connectivity index (χ2v) is 13.7. The number of methoxy groups -OCH3 is 1. The molecule has 4 unspecified atom stereocenters. The Kier molecular flexibility index (Phi) is 8.48. The third-order valence-corrected chi connectivity index (χ3v) is 9.37. The van der Waals surface area contributed by atoms with Crippen molar-refractivity contribution in [3.63, 3.8) is 0 Å². The van der Waals surface area contributed by atoms with E-state index in [2.05, 4.69) is 16.0 Å². The first-order valence-electron chi connectivity index (χ1n) is 13.4. The first-order chi connectivity index (χ1) is 19.9. The smallest absolute Gasteiger partial charge is 0.242 e. The fourth-order valence-corrected chi connectivity index (χ4v) is 7.74. The molecule has 0 saturated carbocycles. The summed E-state index contributed by atoms with van der Waals surface area (Å²) < 4.78 is 27.3. The summed E-state index contributed by atoms with van der Waals surface area (Å²) in [6.45, 7) is 6.08. The van der Waals surface area contributed by atoms with E-state index in [1.807, 2.05) is 20.8 Å². The average Bonchev–Trinajstić information content (AvgIpc) is 3.54. The number of thiophene rings is 1. The number of benzene rings is 2. The number of hydrogen-bond donors (Lipinski definition) is 4. The predicted molar refractivity (Wildman–Crippen MR) is 163 cm³/mol. The Morgan fingerprint density at radius 2 is 1.98 bits per heavy atom. The van der Waals surface area contributed by atoms with E-state index in [9.17, 15) is 9.59 Å². The third-order valence-electron chi connectivity index (χ3n) is 7.66. The van der Waals surface area contributed by atoms with Crippen LogP contribution in [0.5, 0.6) is 11.5 Å². The van der Waals surface area contributed by atoms with Crippen LogP contribution in [0.1, 0.15) is 43.6 Å². The number of carbonyl (C=O) groups is 2. The number of ether oxygens (including phenoxy) is 2. The lowest BCUT2D eigenvalue weighted by molar-refractivity contribution is -0.122. The van der Waals surface area contributed by atoms with Crippen LogP contribution in [0.25, 0.3) is 0 Å². The van der Waals surface area contributed by atoms with Crippen LogP contribution in [0.4, 0.5) is 15.8 Å². The van der Waals surface area contributed by atoms with Gasteiger partial charge in [-0.25, -0.2) is 4.39 Å². The number of anilines is 2. The molecule has 1 fully saturated rings. The van der Waals surface area contributed by atoms with Crippen molar-refractivity contribution in [3.8, 4) is 11.5 Å². The van der Waals surface area contributed by atoms with Crippen LogP contribution in [0, 0.1) is 11.2 Å². The topological polar surface area (TPSA) is 109 Å². The van der Waals surface area contributed by atoms with Gasteiger partial charge in [-0.3, -0.25) is 9.59 Å². The lowest BCUT2D eigenvalue weighted by Crippen LogP contribution is -2.49. The molecule has 3 heterocycles. The van der Waals surface area contributed by atoms with Gasteiger partial charge in [-0.15, -0.1) is 11.3 Å². The highest BCUT2D eigenvalue weighted by Crippen LogP contribution is 2.59.